The second kappa shape index (κ2) is 9.15. The van der Waals surface area contributed by atoms with Gasteiger partial charge < -0.3 is 31.1 Å². The van der Waals surface area contributed by atoms with Crippen LogP contribution < -0.4 is 20.9 Å². The van der Waals surface area contributed by atoms with E-state index in [0.29, 0.717) is 25.3 Å². The largest absolute Gasteiger partial charge is 0.398 e. The van der Waals surface area contributed by atoms with Crippen molar-refractivity contribution in [3.05, 3.63) is 48.0 Å². The molecule has 0 unspecified atom stereocenters. The second-order valence-corrected chi connectivity index (χ2v) is 6.12. The van der Waals surface area contributed by atoms with E-state index in [1.54, 1.807) is 0 Å². The van der Waals surface area contributed by atoms with Crippen molar-refractivity contribution in [3.8, 4) is 0 Å². The topological polar surface area (TPSA) is 85.0 Å². The monoisotopic (exact) mass is 344 g/mol. The van der Waals surface area contributed by atoms with Crippen molar-refractivity contribution in [1.82, 2.24) is 0 Å². The first-order valence-corrected chi connectivity index (χ1v) is 8.41. The number of anilines is 4. The number of nitrogens with one attached hydrogen (secondary N) is 1. The molecule has 6 nitrogen and oxygen atoms in total. The quantitative estimate of drug-likeness (QED) is 0.519. The Balaban J connectivity index is 2.13. The van der Waals surface area contributed by atoms with Gasteiger partial charge in [0.2, 0.25) is 0 Å². The van der Waals surface area contributed by atoms with Gasteiger partial charge in [-0.3, -0.25) is 0 Å². The maximum absolute atomic E-state index is 9.21. The fraction of sp³-hybridized carbons (Fsp3) is 0.368. The van der Waals surface area contributed by atoms with Crippen molar-refractivity contribution in [2.75, 3.05) is 61.2 Å². The van der Waals surface area contributed by atoms with Crippen molar-refractivity contribution in [2.24, 2.45) is 0 Å². The number of nitrogen functional groups attached to an aromatic ring is 1. The zero-order valence-electron chi connectivity index (χ0n) is 14.9. The molecule has 0 aromatic heterocycles. The molecule has 136 valence electrons. The summed E-state index contributed by atoms with van der Waals surface area (Å²) in [6.45, 7) is 1.62. The van der Waals surface area contributed by atoms with E-state index in [-0.39, 0.29) is 13.2 Å². The predicted molar refractivity (Wildman–Crippen MR) is 105 cm³/mol. The summed E-state index contributed by atoms with van der Waals surface area (Å²) in [6, 6.07) is 14.0. The summed E-state index contributed by atoms with van der Waals surface area (Å²) in [7, 11) is 4.02. The fourth-order valence-corrected chi connectivity index (χ4v) is 2.64. The van der Waals surface area contributed by atoms with Crippen LogP contribution in [0.4, 0.5) is 22.7 Å². The molecule has 5 N–H and O–H groups in total. The van der Waals surface area contributed by atoms with Crippen LogP contribution in [0.15, 0.2) is 42.5 Å². The highest BCUT2D eigenvalue weighted by Gasteiger charge is 2.08. The number of rotatable bonds is 9. The summed E-state index contributed by atoms with van der Waals surface area (Å²) in [5.41, 5.74) is 10.9. The Morgan fingerprint density at radius 2 is 1.68 bits per heavy atom. The van der Waals surface area contributed by atoms with Crippen LogP contribution in [0.1, 0.15) is 5.56 Å². The first kappa shape index (κ1) is 18.9. The van der Waals surface area contributed by atoms with Gasteiger partial charge in [0, 0.05) is 56.5 Å². The lowest BCUT2D eigenvalue weighted by Gasteiger charge is -2.24. The normalized spacial score (nSPS) is 10.6. The zero-order chi connectivity index (χ0) is 18.2. The summed E-state index contributed by atoms with van der Waals surface area (Å²) in [5, 5.41) is 21.8. The summed E-state index contributed by atoms with van der Waals surface area (Å²) in [4.78, 5) is 4.00. The Hall–Kier alpha value is -2.44. The third-order valence-electron chi connectivity index (χ3n) is 4.08. The summed E-state index contributed by atoms with van der Waals surface area (Å²) < 4.78 is 0. The Morgan fingerprint density at radius 1 is 0.960 bits per heavy atom. The third-order valence-corrected chi connectivity index (χ3v) is 4.08. The Kier molecular flexibility index (Phi) is 6.91. The first-order valence-electron chi connectivity index (χ1n) is 8.41. The van der Waals surface area contributed by atoms with Gasteiger partial charge in [0.05, 0.1) is 13.2 Å². The van der Waals surface area contributed by atoms with Crippen molar-refractivity contribution in [1.29, 1.82) is 0 Å². The molecular weight excluding hydrogens is 316 g/mol. The molecule has 0 aliphatic carbocycles. The lowest BCUT2D eigenvalue weighted by Crippen LogP contribution is -2.29. The van der Waals surface area contributed by atoms with Gasteiger partial charge in [-0.15, -0.1) is 0 Å². The molecule has 0 aliphatic heterocycles. The number of nitrogens with two attached hydrogens (primary N) is 1. The minimum Gasteiger partial charge on any atom is -0.398 e. The first-order chi connectivity index (χ1) is 12.0. The molecule has 2 aromatic rings. The van der Waals surface area contributed by atoms with Gasteiger partial charge in [0.15, 0.2) is 0 Å². The van der Waals surface area contributed by atoms with Crippen LogP contribution in [0.5, 0.6) is 0 Å². The molecule has 25 heavy (non-hydrogen) atoms. The molecule has 0 radical (unpaired) electrons. The fourth-order valence-electron chi connectivity index (χ4n) is 2.64. The van der Waals surface area contributed by atoms with Crippen LogP contribution >= 0.6 is 0 Å². The van der Waals surface area contributed by atoms with E-state index in [4.69, 9.17) is 5.73 Å². The predicted octanol–water partition coefficient (Wildman–Crippen LogP) is 1.74. The van der Waals surface area contributed by atoms with Crippen molar-refractivity contribution in [3.63, 3.8) is 0 Å². The van der Waals surface area contributed by atoms with Crippen LogP contribution in [0.3, 0.4) is 0 Å². The molecule has 0 saturated heterocycles. The average Bonchev–Trinajstić information content (AvgIpc) is 2.61. The summed E-state index contributed by atoms with van der Waals surface area (Å²) in [6.07, 6.45) is 0. The molecule has 2 rings (SSSR count). The lowest BCUT2D eigenvalue weighted by molar-refractivity contribution is 0.281. The van der Waals surface area contributed by atoms with Crippen molar-refractivity contribution in [2.45, 2.75) is 6.54 Å². The van der Waals surface area contributed by atoms with Crippen LogP contribution in [-0.2, 0) is 6.54 Å². The van der Waals surface area contributed by atoms with Gasteiger partial charge in [0.25, 0.3) is 0 Å². The third kappa shape index (κ3) is 5.27. The van der Waals surface area contributed by atoms with Gasteiger partial charge >= 0.3 is 0 Å². The average molecular weight is 344 g/mol. The van der Waals surface area contributed by atoms with Gasteiger partial charge in [-0.25, -0.2) is 0 Å². The van der Waals surface area contributed by atoms with E-state index in [9.17, 15) is 10.2 Å². The molecule has 6 heteroatoms. The van der Waals surface area contributed by atoms with Gasteiger partial charge in [-0.05, 0) is 42.0 Å². The maximum Gasteiger partial charge on any atom is 0.0606 e. The minimum absolute atomic E-state index is 0.0370. The smallest absolute Gasteiger partial charge is 0.0606 e. The van der Waals surface area contributed by atoms with E-state index < -0.39 is 0 Å². The van der Waals surface area contributed by atoms with E-state index in [1.807, 2.05) is 49.3 Å². The molecular formula is C19H28N4O2. The number of aliphatic hydroxyl groups is 2. The zero-order valence-corrected chi connectivity index (χ0v) is 14.9. The van der Waals surface area contributed by atoms with E-state index in [2.05, 4.69) is 22.3 Å². The molecule has 0 aliphatic rings. The molecule has 0 atom stereocenters. The van der Waals surface area contributed by atoms with Gasteiger partial charge in [-0.2, -0.15) is 0 Å². The number of nitrogens with zero attached hydrogens (tertiary/aromatic N) is 2. The molecule has 0 spiro atoms. The van der Waals surface area contributed by atoms with Gasteiger partial charge in [0.1, 0.15) is 0 Å². The molecule has 0 amide bonds. The highest BCUT2D eigenvalue weighted by molar-refractivity contribution is 5.61. The highest BCUT2D eigenvalue weighted by Crippen LogP contribution is 2.23. The van der Waals surface area contributed by atoms with Crippen LogP contribution in [0.25, 0.3) is 0 Å². The number of hydrogen-bond donors (Lipinski definition) is 4. The number of benzene rings is 2. The Labute approximate surface area is 149 Å². The Bertz CT molecular complexity index is 670. The molecule has 0 saturated carbocycles. The van der Waals surface area contributed by atoms with Crippen LogP contribution in [0.2, 0.25) is 0 Å². The van der Waals surface area contributed by atoms with Crippen molar-refractivity contribution >= 4 is 22.7 Å². The molecule has 0 fully saturated rings. The second-order valence-electron chi connectivity index (χ2n) is 6.12. The number of aliphatic hydroxyl groups excluding tert-OH is 2. The number of hydrogen-bond acceptors (Lipinski definition) is 6. The SMILES string of the molecule is CN(C)c1cccc(NCc2cc(N(CCO)CCO)ccc2N)c1. The highest BCUT2D eigenvalue weighted by atomic mass is 16.3. The Morgan fingerprint density at radius 3 is 2.32 bits per heavy atom. The minimum atomic E-state index is 0.0370. The van der Waals surface area contributed by atoms with Crippen molar-refractivity contribution < 1.29 is 10.2 Å². The van der Waals surface area contributed by atoms with E-state index >= 15 is 0 Å². The van der Waals surface area contributed by atoms with E-state index in [1.165, 1.54) is 0 Å². The van der Waals surface area contributed by atoms with Crippen LogP contribution in [-0.4, -0.2) is 50.6 Å². The molecule has 0 heterocycles. The van der Waals surface area contributed by atoms with E-state index in [0.717, 1.165) is 22.6 Å². The van der Waals surface area contributed by atoms with Crippen LogP contribution in [0, 0.1) is 0 Å². The molecule has 2 aromatic carbocycles. The maximum atomic E-state index is 9.21. The summed E-state index contributed by atoms with van der Waals surface area (Å²) >= 11 is 0. The lowest BCUT2D eigenvalue weighted by atomic mass is 10.1. The summed E-state index contributed by atoms with van der Waals surface area (Å²) in [5.74, 6) is 0. The standard InChI is InChI=1S/C19H28N4O2/c1-22(2)17-5-3-4-16(13-17)21-14-15-12-18(6-7-19(15)20)23(8-10-24)9-11-25/h3-7,12-13,21,24-25H,8-11,14,20H2,1-2H3. The van der Waals surface area contributed by atoms with Gasteiger partial charge in [-0.1, -0.05) is 6.07 Å². The molecule has 0 bridgehead atoms.